The first kappa shape index (κ1) is 13.4. The number of anilines is 1. The molecule has 0 aromatic heterocycles. The van der Waals surface area contributed by atoms with E-state index in [1.807, 2.05) is 25.2 Å². The molecule has 0 radical (unpaired) electrons. The van der Waals surface area contributed by atoms with Gasteiger partial charge in [-0.2, -0.15) is 0 Å². The lowest BCUT2D eigenvalue weighted by atomic mass is 10.2. The number of halogens is 1. The SMILES string of the molecule is CN1CCCN(Cc2cccc(N)c2Br)CC1=O. The van der Waals surface area contributed by atoms with Crippen LogP contribution in [0, 0.1) is 0 Å². The third-order valence-electron chi connectivity index (χ3n) is 3.26. The lowest BCUT2D eigenvalue weighted by Crippen LogP contribution is -2.34. The van der Waals surface area contributed by atoms with Crippen molar-refractivity contribution in [3.05, 3.63) is 28.2 Å². The number of carbonyl (C=O) groups is 1. The van der Waals surface area contributed by atoms with Gasteiger partial charge in [-0.3, -0.25) is 9.69 Å². The van der Waals surface area contributed by atoms with Crippen molar-refractivity contribution in [2.24, 2.45) is 0 Å². The van der Waals surface area contributed by atoms with E-state index in [0.717, 1.165) is 41.8 Å². The highest BCUT2D eigenvalue weighted by Gasteiger charge is 2.19. The largest absolute Gasteiger partial charge is 0.398 e. The Bertz CT molecular complexity index is 450. The molecule has 1 aliphatic heterocycles. The van der Waals surface area contributed by atoms with Crippen molar-refractivity contribution in [3.8, 4) is 0 Å². The minimum atomic E-state index is 0.188. The zero-order valence-electron chi connectivity index (χ0n) is 10.5. The third kappa shape index (κ3) is 3.03. The van der Waals surface area contributed by atoms with Crippen molar-refractivity contribution in [3.63, 3.8) is 0 Å². The molecule has 2 rings (SSSR count). The van der Waals surface area contributed by atoms with Crippen LogP contribution in [0.1, 0.15) is 12.0 Å². The fourth-order valence-electron chi connectivity index (χ4n) is 2.14. The zero-order chi connectivity index (χ0) is 13.1. The molecule has 0 bridgehead atoms. The molecule has 18 heavy (non-hydrogen) atoms. The van der Waals surface area contributed by atoms with Crippen LogP contribution in [0.5, 0.6) is 0 Å². The van der Waals surface area contributed by atoms with E-state index < -0.39 is 0 Å². The van der Waals surface area contributed by atoms with Crippen molar-refractivity contribution in [1.82, 2.24) is 9.80 Å². The monoisotopic (exact) mass is 311 g/mol. The summed E-state index contributed by atoms with van der Waals surface area (Å²) in [7, 11) is 1.86. The Hall–Kier alpha value is -1.07. The van der Waals surface area contributed by atoms with E-state index in [1.54, 1.807) is 4.90 Å². The number of hydrogen-bond donors (Lipinski definition) is 1. The third-order valence-corrected chi connectivity index (χ3v) is 4.22. The summed E-state index contributed by atoms with van der Waals surface area (Å²) in [5.41, 5.74) is 7.74. The molecule has 1 fully saturated rings. The highest BCUT2D eigenvalue weighted by molar-refractivity contribution is 9.10. The van der Waals surface area contributed by atoms with Crippen LogP contribution < -0.4 is 5.73 Å². The minimum Gasteiger partial charge on any atom is -0.398 e. The van der Waals surface area contributed by atoms with E-state index in [0.29, 0.717) is 6.54 Å². The lowest BCUT2D eigenvalue weighted by Gasteiger charge is -2.20. The number of nitrogens with zero attached hydrogens (tertiary/aromatic N) is 2. The molecule has 1 aromatic carbocycles. The maximum atomic E-state index is 11.8. The molecule has 0 unspecified atom stereocenters. The second kappa shape index (κ2) is 5.71. The summed E-state index contributed by atoms with van der Waals surface area (Å²) in [5.74, 6) is 0.188. The fraction of sp³-hybridized carbons (Fsp3) is 0.462. The molecular formula is C13H18BrN3O. The molecule has 1 aromatic rings. The molecular weight excluding hydrogens is 294 g/mol. The lowest BCUT2D eigenvalue weighted by molar-refractivity contribution is -0.129. The molecule has 98 valence electrons. The summed E-state index contributed by atoms with van der Waals surface area (Å²) >= 11 is 3.51. The van der Waals surface area contributed by atoms with Crippen molar-refractivity contribution in [2.75, 3.05) is 32.4 Å². The fourth-order valence-corrected chi connectivity index (χ4v) is 2.53. The first-order chi connectivity index (χ1) is 8.58. The number of benzene rings is 1. The highest BCUT2D eigenvalue weighted by atomic mass is 79.9. The van der Waals surface area contributed by atoms with Gasteiger partial charge in [0.05, 0.1) is 6.54 Å². The molecule has 0 spiro atoms. The quantitative estimate of drug-likeness (QED) is 0.846. The molecule has 1 aliphatic rings. The van der Waals surface area contributed by atoms with Crippen LogP contribution in [-0.2, 0) is 11.3 Å². The molecule has 0 atom stereocenters. The minimum absolute atomic E-state index is 0.188. The van der Waals surface area contributed by atoms with Crippen LogP contribution in [-0.4, -0.2) is 42.4 Å². The standard InChI is InChI=1S/C13H18BrN3O/c1-16-6-3-7-17(9-12(16)18)8-10-4-2-5-11(15)13(10)14/h2,4-5H,3,6-9,15H2,1H3. The average Bonchev–Trinajstić information content (AvgIpc) is 2.48. The summed E-state index contributed by atoms with van der Waals surface area (Å²) in [6, 6.07) is 5.86. The number of carbonyl (C=O) groups excluding carboxylic acids is 1. The van der Waals surface area contributed by atoms with Crippen LogP contribution in [0.4, 0.5) is 5.69 Å². The Morgan fingerprint density at radius 2 is 2.17 bits per heavy atom. The maximum Gasteiger partial charge on any atom is 0.236 e. The first-order valence-corrected chi connectivity index (χ1v) is 6.86. The van der Waals surface area contributed by atoms with Gasteiger partial charge >= 0.3 is 0 Å². The van der Waals surface area contributed by atoms with E-state index in [2.05, 4.69) is 20.8 Å². The van der Waals surface area contributed by atoms with Crippen molar-refractivity contribution >= 4 is 27.5 Å². The van der Waals surface area contributed by atoms with Gasteiger partial charge in [-0.25, -0.2) is 0 Å². The molecule has 1 amide bonds. The van der Waals surface area contributed by atoms with Gasteiger partial charge in [-0.1, -0.05) is 12.1 Å². The summed E-state index contributed by atoms with van der Waals surface area (Å²) < 4.78 is 0.940. The van der Waals surface area contributed by atoms with E-state index in [1.165, 1.54) is 0 Å². The second-order valence-corrected chi connectivity index (χ2v) is 5.49. The summed E-state index contributed by atoms with van der Waals surface area (Å²) in [6.45, 7) is 3.02. The molecule has 5 heteroatoms. The molecule has 4 nitrogen and oxygen atoms in total. The number of rotatable bonds is 2. The van der Waals surface area contributed by atoms with Gasteiger partial charge in [0.1, 0.15) is 0 Å². The Balaban J connectivity index is 2.09. The van der Waals surface area contributed by atoms with Gasteiger partial charge in [0, 0.05) is 36.8 Å². The van der Waals surface area contributed by atoms with E-state index in [9.17, 15) is 4.79 Å². The Labute approximate surface area is 116 Å². The van der Waals surface area contributed by atoms with Crippen LogP contribution in [0.3, 0.4) is 0 Å². The normalized spacial score (nSPS) is 17.9. The van der Waals surface area contributed by atoms with E-state index >= 15 is 0 Å². The highest BCUT2D eigenvalue weighted by Crippen LogP contribution is 2.25. The zero-order valence-corrected chi connectivity index (χ0v) is 12.1. The Morgan fingerprint density at radius 3 is 2.94 bits per heavy atom. The van der Waals surface area contributed by atoms with Crippen molar-refractivity contribution < 1.29 is 4.79 Å². The van der Waals surface area contributed by atoms with Gasteiger partial charge in [0.15, 0.2) is 0 Å². The van der Waals surface area contributed by atoms with Crippen molar-refractivity contribution in [1.29, 1.82) is 0 Å². The molecule has 0 aliphatic carbocycles. The number of likely N-dealkylation sites (N-methyl/N-ethyl adjacent to an activating group) is 1. The maximum absolute atomic E-state index is 11.8. The Morgan fingerprint density at radius 1 is 1.39 bits per heavy atom. The first-order valence-electron chi connectivity index (χ1n) is 6.07. The Kier molecular flexibility index (Phi) is 4.24. The van der Waals surface area contributed by atoms with Crippen molar-refractivity contribution in [2.45, 2.75) is 13.0 Å². The summed E-state index contributed by atoms with van der Waals surface area (Å²) in [6.07, 6.45) is 1.02. The van der Waals surface area contributed by atoms with Gasteiger partial charge in [0.25, 0.3) is 0 Å². The van der Waals surface area contributed by atoms with Crippen LogP contribution in [0.25, 0.3) is 0 Å². The number of nitrogen functional groups attached to an aromatic ring is 1. The number of hydrogen-bond acceptors (Lipinski definition) is 3. The predicted octanol–water partition coefficient (Wildman–Crippen LogP) is 1.70. The summed E-state index contributed by atoms with van der Waals surface area (Å²) in [5, 5.41) is 0. The predicted molar refractivity (Wildman–Crippen MR) is 76.1 cm³/mol. The van der Waals surface area contributed by atoms with Gasteiger partial charge < -0.3 is 10.6 Å². The average molecular weight is 312 g/mol. The van der Waals surface area contributed by atoms with Gasteiger partial charge in [-0.05, 0) is 34.0 Å². The molecule has 1 saturated heterocycles. The number of nitrogens with two attached hydrogens (primary N) is 1. The van der Waals surface area contributed by atoms with E-state index in [4.69, 9.17) is 5.73 Å². The van der Waals surface area contributed by atoms with Crippen LogP contribution in [0.15, 0.2) is 22.7 Å². The van der Waals surface area contributed by atoms with Crippen LogP contribution in [0.2, 0.25) is 0 Å². The smallest absolute Gasteiger partial charge is 0.236 e. The topological polar surface area (TPSA) is 49.6 Å². The summed E-state index contributed by atoms with van der Waals surface area (Å²) in [4.78, 5) is 15.8. The van der Waals surface area contributed by atoms with Gasteiger partial charge in [0.2, 0.25) is 5.91 Å². The van der Waals surface area contributed by atoms with Gasteiger partial charge in [-0.15, -0.1) is 0 Å². The van der Waals surface area contributed by atoms with E-state index in [-0.39, 0.29) is 5.91 Å². The molecule has 1 heterocycles. The molecule has 2 N–H and O–H groups in total. The number of amides is 1. The molecule has 0 saturated carbocycles. The van der Waals surface area contributed by atoms with Crippen LogP contribution >= 0.6 is 15.9 Å². The second-order valence-electron chi connectivity index (χ2n) is 4.70.